The van der Waals surface area contributed by atoms with Crippen LogP contribution in [0.3, 0.4) is 0 Å². The van der Waals surface area contributed by atoms with Gasteiger partial charge in [0, 0.05) is 35.7 Å². The highest BCUT2D eigenvalue weighted by Gasteiger charge is 2.44. The van der Waals surface area contributed by atoms with E-state index in [0.29, 0.717) is 54.9 Å². The Kier molecular flexibility index (Phi) is 6.57. The molecule has 0 radical (unpaired) electrons. The number of guanidine groups is 1. The Balaban J connectivity index is 1.48. The van der Waals surface area contributed by atoms with Crippen LogP contribution in [0.1, 0.15) is 85.1 Å². The number of likely N-dealkylation sites (N-methyl/N-ethyl adjacent to an activating group) is 1. The van der Waals surface area contributed by atoms with E-state index in [9.17, 15) is 14.7 Å². The number of aliphatic hydroxyl groups excluding tert-OH is 1. The second-order valence-electron chi connectivity index (χ2n) is 11.4. The molecule has 210 valence electrons. The van der Waals surface area contributed by atoms with Crippen LogP contribution in [0.2, 0.25) is 0 Å². The molecule has 1 saturated heterocycles. The van der Waals surface area contributed by atoms with Crippen LogP contribution in [-0.2, 0) is 4.79 Å². The summed E-state index contributed by atoms with van der Waals surface area (Å²) in [6, 6.07) is 10.1. The SMILES string of the molecule is CC[C@]12CC/C=C\c3ccc4c(c3)C(C(O)C(C)O4)N(C)C(=O)c3ccc4c(c3)[C@@H](CCO4)N(C(=N)N1)C(=O)C2. The van der Waals surface area contributed by atoms with Crippen molar-refractivity contribution in [3.05, 3.63) is 64.7 Å². The van der Waals surface area contributed by atoms with Gasteiger partial charge in [-0.25, -0.2) is 0 Å². The Labute approximate surface area is 234 Å². The fourth-order valence-electron chi connectivity index (χ4n) is 6.57. The molecule has 0 spiro atoms. The van der Waals surface area contributed by atoms with E-state index in [1.165, 1.54) is 4.90 Å². The standard InChI is InChI=1S/C31H36N4O5/c1-4-31-13-6-5-7-19-8-10-25-22(15-19)27(28(37)18(2)40-25)34(3)29(38)20-9-11-24-21(16-20)23(12-14-39-24)35(26(36)17-31)30(32)33-31/h5,7-11,15-16,18,23,27-28,37H,4,6,12-14,17H2,1-3H3,(H2,32,33)/b7-5-/t18?,23-,27?,28?,31-/m1/s1. The Morgan fingerprint density at radius 2 is 1.95 bits per heavy atom. The van der Waals surface area contributed by atoms with Crippen molar-refractivity contribution in [2.75, 3.05) is 13.7 Å². The van der Waals surface area contributed by atoms with Gasteiger partial charge in [-0.3, -0.25) is 19.9 Å². The first-order chi connectivity index (χ1) is 19.2. The van der Waals surface area contributed by atoms with E-state index in [4.69, 9.17) is 14.9 Å². The number of nitrogens with one attached hydrogen (secondary N) is 2. The number of carbonyl (C=O) groups is 2. The summed E-state index contributed by atoms with van der Waals surface area (Å²) in [4.78, 5) is 30.7. The minimum Gasteiger partial charge on any atom is -0.493 e. The summed E-state index contributed by atoms with van der Waals surface area (Å²) in [6.07, 6.45) is 5.64. The number of allylic oxidation sites excluding steroid dienone is 1. The second kappa shape index (κ2) is 9.96. The van der Waals surface area contributed by atoms with Gasteiger partial charge < -0.3 is 24.8 Å². The minimum absolute atomic E-state index is 0.0921. The number of benzene rings is 2. The van der Waals surface area contributed by atoms with Crippen LogP contribution in [0.5, 0.6) is 11.5 Å². The van der Waals surface area contributed by atoms with Crippen molar-refractivity contribution in [1.29, 1.82) is 5.41 Å². The largest absolute Gasteiger partial charge is 0.493 e. The number of fused-ring (bicyclic) bond motifs is 5. The normalized spacial score (nSPS) is 30.6. The smallest absolute Gasteiger partial charge is 0.254 e. The zero-order chi connectivity index (χ0) is 28.2. The molecule has 5 aliphatic rings. The Bertz CT molecular complexity index is 1390. The van der Waals surface area contributed by atoms with Gasteiger partial charge in [0.15, 0.2) is 5.96 Å². The molecule has 2 aromatic carbocycles. The van der Waals surface area contributed by atoms with Gasteiger partial charge in [-0.15, -0.1) is 0 Å². The van der Waals surface area contributed by atoms with Crippen LogP contribution < -0.4 is 14.8 Å². The zero-order valence-electron chi connectivity index (χ0n) is 23.1. The van der Waals surface area contributed by atoms with Crippen LogP contribution in [0.4, 0.5) is 0 Å². The first-order valence-corrected chi connectivity index (χ1v) is 14.1. The molecular formula is C31H36N4O5. The lowest BCUT2D eigenvalue weighted by Crippen LogP contribution is -2.63. The summed E-state index contributed by atoms with van der Waals surface area (Å²) in [5, 5.41) is 23.5. The quantitative estimate of drug-likeness (QED) is 0.496. The van der Waals surface area contributed by atoms with E-state index in [0.717, 1.165) is 17.5 Å². The molecule has 0 aliphatic carbocycles. The predicted octanol–water partition coefficient (Wildman–Crippen LogP) is 4.18. The Hall–Kier alpha value is -3.85. The van der Waals surface area contributed by atoms with Gasteiger partial charge >= 0.3 is 0 Å². The molecule has 9 nitrogen and oxygen atoms in total. The molecule has 1 fully saturated rings. The maximum absolute atomic E-state index is 13.9. The number of aliphatic hydroxyl groups is 1. The molecule has 0 aromatic heterocycles. The number of hydrogen-bond acceptors (Lipinski definition) is 6. The van der Waals surface area contributed by atoms with Crippen molar-refractivity contribution in [3.8, 4) is 11.5 Å². The third-order valence-electron chi connectivity index (χ3n) is 8.94. The Morgan fingerprint density at radius 3 is 2.73 bits per heavy atom. The minimum atomic E-state index is -0.921. The summed E-state index contributed by atoms with van der Waals surface area (Å²) in [6.45, 7) is 4.27. The van der Waals surface area contributed by atoms with Gasteiger partial charge in [-0.1, -0.05) is 25.1 Å². The lowest BCUT2D eigenvalue weighted by atomic mass is 9.83. The van der Waals surface area contributed by atoms with Gasteiger partial charge in [0.05, 0.1) is 25.1 Å². The highest BCUT2D eigenvalue weighted by molar-refractivity contribution is 6.00. The number of carbonyl (C=O) groups excluding carboxylic acids is 2. The monoisotopic (exact) mass is 544 g/mol. The van der Waals surface area contributed by atoms with Crippen molar-refractivity contribution in [2.24, 2.45) is 0 Å². The molecule has 5 heterocycles. The van der Waals surface area contributed by atoms with Crippen LogP contribution in [0, 0.1) is 5.41 Å². The topological polar surface area (TPSA) is 115 Å². The van der Waals surface area contributed by atoms with Gasteiger partial charge in [-0.05, 0) is 62.1 Å². The number of nitrogens with zero attached hydrogens (tertiary/aromatic N) is 2. The van der Waals surface area contributed by atoms with Crippen molar-refractivity contribution < 1.29 is 24.2 Å². The highest BCUT2D eigenvalue weighted by Crippen LogP contribution is 2.42. The lowest BCUT2D eigenvalue weighted by Gasteiger charge is -2.46. The summed E-state index contributed by atoms with van der Waals surface area (Å²) >= 11 is 0. The Morgan fingerprint density at radius 1 is 1.15 bits per heavy atom. The maximum atomic E-state index is 13.9. The van der Waals surface area contributed by atoms with E-state index < -0.39 is 29.8 Å². The van der Waals surface area contributed by atoms with Crippen molar-refractivity contribution >= 4 is 23.8 Å². The molecular weight excluding hydrogens is 508 g/mol. The van der Waals surface area contributed by atoms with Gasteiger partial charge in [0.1, 0.15) is 23.7 Å². The molecule has 2 aromatic rings. The third-order valence-corrected chi connectivity index (χ3v) is 8.94. The van der Waals surface area contributed by atoms with Gasteiger partial charge in [0.25, 0.3) is 5.91 Å². The fraction of sp³-hybridized carbons (Fsp3) is 0.452. The number of amides is 2. The molecule has 3 N–H and O–H groups in total. The number of hydrogen-bond donors (Lipinski definition) is 3. The molecule has 5 atom stereocenters. The highest BCUT2D eigenvalue weighted by atomic mass is 16.5. The first kappa shape index (κ1) is 26.4. The van der Waals surface area contributed by atoms with Crippen molar-refractivity contribution in [1.82, 2.24) is 15.1 Å². The molecule has 0 saturated carbocycles. The van der Waals surface area contributed by atoms with E-state index in [2.05, 4.69) is 11.4 Å². The summed E-state index contributed by atoms with van der Waals surface area (Å²) < 4.78 is 11.9. The van der Waals surface area contributed by atoms with E-state index >= 15 is 0 Å². The predicted molar refractivity (Wildman–Crippen MR) is 150 cm³/mol. The number of ether oxygens (including phenoxy) is 2. The summed E-state index contributed by atoms with van der Waals surface area (Å²) in [5.74, 6) is 1.000. The zero-order valence-corrected chi connectivity index (χ0v) is 23.1. The van der Waals surface area contributed by atoms with Gasteiger partial charge in [0.2, 0.25) is 5.91 Å². The maximum Gasteiger partial charge on any atom is 0.254 e. The van der Waals surface area contributed by atoms with Crippen LogP contribution in [-0.4, -0.2) is 64.1 Å². The van der Waals surface area contributed by atoms with Crippen molar-refractivity contribution in [2.45, 2.75) is 75.8 Å². The van der Waals surface area contributed by atoms with Crippen LogP contribution >= 0.6 is 0 Å². The molecule has 9 heteroatoms. The molecule has 3 unspecified atom stereocenters. The molecule has 2 amide bonds. The average Bonchev–Trinajstić information content (AvgIpc) is 2.94. The fourth-order valence-corrected chi connectivity index (χ4v) is 6.57. The summed E-state index contributed by atoms with van der Waals surface area (Å²) in [5.41, 5.74) is 2.33. The third kappa shape index (κ3) is 4.33. The molecule has 6 bridgehead atoms. The summed E-state index contributed by atoms with van der Waals surface area (Å²) in [7, 11) is 1.70. The first-order valence-electron chi connectivity index (χ1n) is 14.1. The van der Waals surface area contributed by atoms with E-state index in [-0.39, 0.29) is 17.8 Å². The molecule has 40 heavy (non-hydrogen) atoms. The van der Waals surface area contributed by atoms with E-state index in [1.807, 2.05) is 31.2 Å². The van der Waals surface area contributed by atoms with Crippen LogP contribution in [0.25, 0.3) is 6.08 Å². The van der Waals surface area contributed by atoms with E-state index in [1.54, 1.807) is 37.1 Å². The van der Waals surface area contributed by atoms with Crippen molar-refractivity contribution in [3.63, 3.8) is 0 Å². The lowest BCUT2D eigenvalue weighted by molar-refractivity contribution is -0.133. The second-order valence-corrected chi connectivity index (χ2v) is 11.4. The van der Waals surface area contributed by atoms with Crippen LogP contribution in [0.15, 0.2) is 42.5 Å². The average molecular weight is 545 g/mol. The molecule has 7 rings (SSSR count). The molecule has 5 aliphatic heterocycles. The van der Waals surface area contributed by atoms with Gasteiger partial charge in [-0.2, -0.15) is 0 Å². The number of rotatable bonds is 1.